The molecule has 2 rings (SSSR count). The highest BCUT2D eigenvalue weighted by Crippen LogP contribution is 2.29. The Kier molecular flexibility index (Phi) is 4.05. The topological polar surface area (TPSA) is 44.4 Å². The summed E-state index contributed by atoms with van der Waals surface area (Å²) in [6.07, 6.45) is 4.77. The van der Waals surface area contributed by atoms with Gasteiger partial charge in [-0.1, -0.05) is 6.92 Å². The average molecular weight is 239 g/mol. The number of likely N-dealkylation sites (tertiary alicyclic amines) is 1. The fourth-order valence-electron chi connectivity index (χ4n) is 2.32. The standard InChI is InChI=1S/C13H25N3O/c1-13(5-7-16(2)8-6-13)10-14-9-12(17)15-11-3-4-11/h11,14H,3-10H2,1-2H3,(H,15,17). The minimum Gasteiger partial charge on any atom is -0.352 e. The van der Waals surface area contributed by atoms with E-state index >= 15 is 0 Å². The Bertz CT molecular complexity index is 268. The molecule has 0 spiro atoms. The van der Waals surface area contributed by atoms with Crippen molar-refractivity contribution in [2.45, 2.75) is 38.6 Å². The van der Waals surface area contributed by atoms with Crippen molar-refractivity contribution in [3.8, 4) is 0 Å². The van der Waals surface area contributed by atoms with Gasteiger partial charge in [0, 0.05) is 12.6 Å². The summed E-state index contributed by atoms with van der Waals surface area (Å²) in [6.45, 7) is 6.10. The molecule has 0 radical (unpaired) electrons. The van der Waals surface area contributed by atoms with Crippen molar-refractivity contribution < 1.29 is 4.79 Å². The van der Waals surface area contributed by atoms with E-state index < -0.39 is 0 Å². The fraction of sp³-hybridized carbons (Fsp3) is 0.923. The summed E-state index contributed by atoms with van der Waals surface area (Å²) in [5, 5.41) is 6.31. The molecule has 4 nitrogen and oxygen atoms in total. The number of carbonyl (C=O) groups is 1. The predicted molar refractivity (Wildman–Crippen MR) is 68.9 cm³/mol. The van der Waals surface area contributed by atoms with Crippen molar-refractivity contribution in [2.24, 2.45) is 5.41 Å². The Hall–Kier alpha value is -0.610. The molecule has 1 aliphatic carbocycles. The Morgan fingerprint density at radius 3 is 2.59 bits per heavy atom. The first-order valence-electron chi connectivity index (χ1n) is 6.76. The second kappa shape index (κ2) is 5.36. The molecular weight excluding hydrogens is 214 g/mol. The van der Waals surface area contributed by atoms with Crippen LogP contribution in [0.2, 0.25) is 0 Å². The van der Waals surface area contributed by atoms with E-state index in [9.17, 15) is 4.79 Å². The molecule has 0 bridgehead atoms. The maximum atomic E-state index is 11.5. The average Bonchev–Trinajstić information content (AvgIpc) is 3.07. The normalized spacial score (nSPS) is 24.6. The van der Waals surface area contributed by atoms with Crippen molar-refractivity contribution >= 4 is 5.91 Å². The summed E-state index contributed by atoms with van der Waals surface area (Å²) < 4.78 is 0. The van der Waals surface area contributed by atoms with Crippen LogP contribution in [-0.2, 0) is 4.79 Å². The summed E-state index contributed by atoms with van der Waals surface area (Å²) >= 11 is 0. The van der Waals surface area contributed by atoms with Crippen LogP contribution in [0, 0.1) is 5.41 Å². The first-order chi connectivity index (χ1) is 8.07. The van der Waals surface area contributed by atoms with Gasteiger partial charge in [-0.2, -0.15) is 0 Å². The van der Waals surface area contributed by atoms with Crippen molar-refractivity contribution in [1.29, 1.82) is 0 Å². The largest absolute Gasteiger partial charge is 0.352 e. The Morgan fingerprint density at radius 2 is 2.00 bits per heavy atom. The molecule has 2 N–H and O–H groups in total. The van der Waals surface area contributed by atoms with E-state index in [-0.39, 0.29) is 5.91 Å². The molecule has 2 aliphatic rings. The Balaban J connectivity index is 1.61. The number of nitrogens with zero attached hydrogens (tertiary/aromatic N) is 1. The number of nitrogens with one attached hydrogen (secondary N) is 2. The number of hydrogen-bond acceptors (Lipinski definition) is 3. The molecule has 2 fully saturated rings. The zero-order valence-corrected chi connectivity index (χ0v) is 11.1. The number of amides is 1. The van der Waals surface area contributed by atoms with Gasteiger partial charge >= 0.3 is 0 Å². The number of carbonyl (C=O) groups excluding carboxylic acids is 1. The fourth-order valence-corrected chi connectivity index (χ4v) is 2.32. The molecule has 0 aromatic rings. The molecule has 1 heterocycles. The molecule has 17 heavy (non-hydrogen) atoms. The first-order valence-corrected chi connectivity index (χ1v) is 6.76. The smallest absolute Gasteiger partial charge is 0.234 e. The van der Waals surface area contributed by atoms with Crippen LogP contribution in [-0.4, -0.2) is 50.1 Å². The third-order valence-corrected chi connectivity index (χ3v) is 3.97. The minimum absolute atomic E-state index is 0.157. The monoisotopic (exact) mass is 239 g/mol. The van der Waals surface area contributed by atoms with E-state index in [0.717, 1.165) is 19.4 Å². The maximum Gasteiger partial charge on any atom is 0.234 e. The zero-order valence-electron chi connectivity index (χ0n) is 11.1. The van der Waals surface area contributed by atoms with Gasteiger partial charge in [-0.15, -0.1) is 0 Å². The van der Waals surface area contributed by atoms with Crippen LogP contribution in [0.5, 0.6) is 0 Å². The van der Waals surface area contributed by atoms with Crippen LogP contribution in [0.25, 0.3) is 0 Å². The van der Waals surface area contributed by atoms with Gasteiger partial charge in [0.15, 0.2) is 0 Å². The van der Waals surface area contributed by atoms with Gasteiger partial charge in [0.25, 0.3) is 0 Å². The van der Waals surface area contributed by atoms with Gasteiger partial charge < -0.3 is 15.5 Å². The quantitative estimate of drug-likeness (QED) is 0.738. The SMILES string of the molecule is CN1CCC(C)(CNCC(=O)NC2CC2)CC1. The molecule has 4 heteroatoms. The van der Waals surface area contributed by atoms with Crippen LogP contribution >= 0.6 is 0 Å². The number of piperidine rings is 1. The van der Waals surface area contributed by atoms with Gasteiger partial charge in [-0.05, 0) is 51.2 Å². The molecule has 1 saturated carbocycles. The van der Waals surface area contributed by atoms with E-state index in [0.29, 0.717) is 18.0 Å². The van der Waals surface area contributed by atoms with Crippen LogP contribution in [0.15, 0.2) is 0 Å². The summed E-state index contributed by atoms with van der Waals surface area (Å²) in [6, 6.07) is 0.475. The molecule has 98 valence electrons. The van der Waals surface area contributed by atoms with E-state index in [1.807, 2.05) is 0 Å². The lowest BCUT2D eigenvalue weighted by molar-refractivity contribution is -0.120. The van der Waals surface area contributed by atoms with E-state index in [1.54, 1.807) is 0 Å². The molecule has 0 atom stereocenters. The lowest BCUT2D eigenvalue weighted by Gasteiger charge is -2.38. The van der Waals surface area contributed by atoms with Gasteiger partial charge in [-0.25, -0.2) is 0 Å². The lowest BCUT2D eigenvalue weighted by Crippen LogP contribution is -2.44. The van der Waals surface area contributed by atoms with Gasteiger partial charge in [0.1, 0.15) is 0 Å². The maximum absolute atomic E-state index is 11.5. The third kappa shape index (κ3) is 4.28. The second-order valence-corrected chi connectivity index (χ2v) is 6.06. The summed E-state index contributed by atoms with van der Waals surface area (Å²) in [5.74, 6) is 0.157. The minimum atomic E-state index is 0.157. The second-order valence-electron chi connectivity index (χ2n) is 6.06. The molecule has 1 amide bonds. The van der Waals surface area contributed by atoms with Gasteiger partial charge in [-0.3, -0.25) is 4.79 Å². The molecule has 1 saturated heterocycles. The molecule has 0 aromatic heterocycles. The highest BCUT2D eigenvalue weighted by molar-refractivity contribution is 5.78. The van der Waals surface area contributed by atoms with E-state index in [2.05, 4.69) is 29.5 Å². The number of hydrogen-bond donors (Lipinski definition) is 2. The molecular formula is C13H25N3O. The predicted octanol–water partition coefficient (Wildman–Crippen LogP) is 0.587. The highest BCUT2D eigenvalue weighted by atomic mass is 16.2. The van der Waals surface area contributed by atoms with E-state index in [4.69, 9.17) is 0 Å². The number of rotatable bonds is 5. The van der Waals surface area contributed by atoms with Crippen molar-refractivity contribution in [3.63, 3.8) is 0 Å². The Labute approximate surface area is 104 Å². The Morgan fingerprint density at radius 1 is 1.35 bits per heavy atom. The summed E-state index contributed by atoms with van der Waals surface area (Å²) in [7, 11) is 2.18. The van der Waals surface area contributed by atoms with Crippen LogP contribution in [0.1, 0.15) is 32.6 Å². The van der Waals surface area contributed by atoms with Crippen LogP contribution in [0.4, 0.5) is 0 Å². The van der Waals surface area contributed by atoms with Crippen molar-refractivity contribution in [3.05, 3.63) is 0 Å². The van der Waals surface area contributed by atoms with Crippen molar-refractivity contribution in [1.82, 2.24) is 15.5 Å². The van der Waals surface area contributed by atoms with Crippen LogP contribution in [0.3, 0.4) is 0 Å². The molecule has 1 aliphatic heterocycles. The van der Waals surface area contributed by atoms with Crippen molar-refractivity contribution in [2.75, 3.05) is 33.2 Å². The lowest BCUT2D eigenvalue weighted by atomic mass is 9.80. The molecule has 0 aromatic carbocycles. The summed E-state index contributed by atoms with van der Waals surface area (Å²) in [4.78, 5) is 13.9. The van der Waals surface area contributed by atoms with Gasteiger partial charge in [0.2, 0.25) is 5.91 Å². The first kappa shape index (κ1) is 12.8. The zero-order chi connectivity index (χ0) is 12.3. The van der Waals surface area contributed by atoms with Crippen LogP contribution < -0.4 is 10.6 Å². The molecule has 0 unspecified atom stereocenters. The third-order valence-electron chi connectivity index (χ3n) is 3.97. The highest BCUT2D eigenvalue weighted by Gasteiger charge is 2.28. The summed E-state index contributed by atoms with van der Waals surface area (Å²) in [5.41, 5.74) is 0.367. The van der Waals surface area contributed by atoms with Gasteiger partial charge in [0.05, 0.1) is 6.54 Å². The van der Waals surface area contributed by atoms with E-state index in [1.165, 1.54) is 25.9 Å².